The summed E-state index contributed by atoms with van der Waals surface area (Å²) in [7, 11) is -3.15. The van der Waals surface area contributed by atoms with Gasteiger partial charge in [-0.15, -0.1) is 0 Å². The van der Waals surface area contributed by atoms with E-state index in [9.17, 15) is 13.2 Å². The monoisotopic (exact) mass is 465 g/mol. The number of rotatable bonds is 6. The molecule has 2 aliphatic heterocycles. The van der Waals surface area contributed by atoms with Crippen LogP contribution in [0.15, 0.2) is 29.2 Å². The highest BCUT2D eigenvalue weighted by atomic mass is 32.2. The summed E-state index contributed by atoms with van der Waals surface area (Å²) in [6.07, 6.45) is 5.60. The maximum atomic E-state index is 12.2. The van der Waals surface area contributed by atoms with E-state index in [2.05, 4.69) is 9.80 Å². The van der Waals surface area contributed by atoms with Gasteiger partial charge in [-0.25, -0.2) is 13.2 Å². The predicted molar refractivity (Wildman–Crippen MR) is 128 cm³/mol. The molecule has 0 radical (unpaired) electrons. The van der Waals surface area contributed by atoms with E-state index < -0.39 is 15.4 Å². The first-order chi connectivity index (χ1) is 15.0. The summed E-state index contributed by atoms with van der Waals surface area (Å²) in [6, 6.07) is 7.22. The highest BCUT2D eigenvalue weighted by molar-refractivity contribution is 7.90. The molecule has 0 saturated carbocycles. The molecule has 2 aliphatic rings. The fourth-order valence-corrected chi connectivity index (χ4v) is 5.10. The van der Waals surface area contributed by atoms with Gasteiger partial charge in [0.25, 0.3) is 0 Å². The Morgan fingerprint density at radius 3 is 2.12 bits per heavy atom. The molecule has 2 saturated heterocycles. The topological polar surface area (TPSA) is 70.2 Å². The standard InChI is InChI=1S/C24H39N3O4S/c1-24(2,3)31-23(28)27-14-11-20(12-15-27)6-5-13-25-16-18-26(19-17-25)21-7-9-22(10-8-21)32(4,29)30/h7-10,20H,5-6,11-19H2,1-4H3. The van der Waals surface area contributed by atoms with Gasteiger partial charge < -0.3 is 14.5 Å². The van der Waals surface area contributed by atoms with Crippen LogP contribution in [0.5, 0.6) is 0 Å². The molecule has 0 unspecified atom stereocenters. The molecule has 1 aromatic rings. The van der Waals surface area contributed by atoms with Crippen molar-refractivity contribution in [2.75, 3.05) is 57.0 Å². The summed E-state index contributed by atoms with van der Waals surface area (Å²) in [5.74, 6) is 0.698. The molecule has 0 aromatic heterocycles. The first kappa shape index (κ1) is 24.8. The molecule has 2 fully saturated rings. The lowest BCUT2D eigenvalue weighted by Crippen LogP contribution is -2.46. The van der Waals surface area contributed by atoms with Crippen LogP contribution < -0.4 is 4.90 Å². The Balaban J connectivity index is 1.33. The summed E-state index contributed by atoms with van der Waals surface area (Å²) in [6.45, 7) is 12.4. The predicted octanol–water partition coefficient (Wildman–Crippen LogP) is 3.64. The molecule has 3 rings (SSSR count). The Bertz CT molecular complexity index is 848. The van der Waals surface area contributed by atoms with Crippen LogP contribution in [0, 0.1) is 5.92 Å². The van der Waals surface area contributed by atoms with E-state index in [-0.39, 0.29) is 6.09 Å². The third-order valence-electron chi connectivity index (χ3n) is 6.36. The van der Waals surface area contributed by atoms with Gasteiger partial charge in [0.2, 0.25) is 0 Å². The van der Waals surface area contributed by atoms with Gasteiger partial charge in [-0.05, 0) is 83.2 Å². The smallest absolute Gasteiger partial charge is 0.410 e. The highest BCUT2D eigenvalue weighted by Gasteiger charge is 2.27. The molecule has 8 heteroatoms. The summed E-state index contributed by atoms with van der Waals surface area (Å²) in [5.41, 5.74) is 0.659. The average Bonchev–Trinajstić information content (AvgIpc) is 2.73. The molecule has 7 nitrogen and oxygen atoms in total. The van der Waals surface area contributed by atoms with Crippen molar-refractivity contribution in [2.24, 2.45) is 5.92 Å². The maximum absolute atomic E-state index is 12.2. The van der Waals surface area contributed by atoms with E-state index in [0.29, 0.717) is 10.8 Å². The molecular weight excluding hydrogens is 426 g/mol. The Labute approximate surface area is 193 Å². The largest absolute Gasteiger partial charge is 0.444 e. The Kier molecular flexibility index (Phi) is 8.09. The number of piperidine rings is 1. The van der Waals surface area contributed by atoms with Crippen molar-refractivity contribution < 1.29 is 17.9 Å². The molecule has 2 heterocycles. The van der Waals surface area contributed by atoms with E-state index in [1.807, 2.05) is 37.8 Å². The number of likely N-dealkylation sites (tertiary alicyclic amines) is 1. The number of carbonyl (C=O) groups excluding carboxylic acids is 1. The zero-order valence-electron chi connectivity index (χ0n) is 20.0. The second kappa shape index (κ2) is 10.4. The van der Waals surface area contributed by atoms with Crippen LogP contribution in [0.4, 0.5) is 10.5 Å². The van der Waals surface area contributed by atoms with Crippen LogP contribution in [0.25, 0.3) is 0 Å². The van der Waals surface area contributed by atoms with Crippen LogP contribution in [-0.4, -0.2) is 82.0 Å². The van der Waals surface area contributed by atoms with Crippen molar-refractivity contribution in [1.29, 1.82) is 0 Å². The van der Waals surface area contributed by atoms with E-state index in [1.165, 1.54) is 19.1 Å². The zero-order valence-corrected chi connectivity index (χ0v) is 20.9. The number of benzene rings is 1. The lowest BCUT2D eigenvalue weighted by Gasteiger charge is -2.37. The van der Waals surface area contributed by atoms with Crippen LogP contribution in [0.2, 0.25) is 0 Å². The minimum atomic E-state index is -3.15. The molecule has 32 heavy (non-hydrogen) atoms. The first-order valence-electron chi connectivity index (χ1n) is 11.8. The minimum Gasteiger partial charge on any atom is -0.444 e. The van der Waals surface area contributed by atoms with Crippen LogP contribution >= 0.6 is 0 Å². The van der Waals surface area contributed by atoms with Crippen LogP contribution in [0.1, 0.15) is 46.5 Å². The molecule has 0 N–H and O–H groups in total. The molecule has 0 spiro atoms. The zero-order chi connectivity index (χ0) is 23.4. The van der Waals surface area contributed by atoms with Crippen molar-refractivity contribution in [3.63, 3.8) is 0 Å². The van der Waals surface area contributed by atoms with Gasteiger partial charge in [0.05, 0.1) is 4.90 Å². The van der Waals surface area contributed by atoms with E-state index in [1.54, 1.807) is 12.1 Å². The summed E-state index contributed by atoms with van der Waals surface area (Å²) >= 11 is 0. The average molecular weight is 466 g/mol. The van der Waals surface area contributed by atoms with Crippen molar-refractivity contribution >= 4 is 21.6 Å². The van der Waals surface area contributed by atoms with Gasteiger partial charge in [0.15, 0.2) is 9.84 Å². The van der Waals surface area contributed by atoms with Gasteiger partial charge in [0, 0.05) is 51.2 Å². The van der Waals surface area contributed by atoms with E-state index in [0.717, 1.165) is 64.3 Å². The molecular formula is C24H39N3O4S. The number of carbonyl (C=O) groups is 1. The van der Waals surface area contributed by atoms with Crippen molar-refractivity contribution in [2.45, 2.75) is 57.0 Å². The number of piperazine rings is 1. The molecule has 1 amide bonds. The summed E-state index contributed by atoms with van der Waals surface area (Å²) in [5, 5.41) is 0. The van der Waals surface area contributed by atoms with Crippen molar-refractivity contribution in [3.05, 3.63) is 24.3 Å². The fraction of sp³-hybridized carbons (Fsp3) is 0.708. The van der Waals surface area contributed by atoms with Gasteiger partial charge in [-0.3, -0.25) is 4.90 Å². The lowest BCUT2D eigenvalue weighted by atomic mass is 9.92. The second-order valence-corrected chi connectivity index (χ2v) is 12.2. The Morgan fingerprint density at radius 2 is 1.59 bits per heavy atom. The Morgan fingerprint density at radius 1 is 1.00 bits per heavy atom. The molecule has 0 bridgehead atoms. The summed E-state index contributed by atoms with van der Waals surface area (Å²) < 4.78 is 28.7. The number of hydrogen-bond donors (Lipinski definition) is 0. The van der Waals surface area contributed by atoms with Gasteiger partial charge in [-0.1, -0.05) is 0 Å². The van der Waals surface area contributed by atoms with E-state index in [4.69, 9.17) is 4.74 Å². The lowest BCUT2D eigenvalue weighted by molar-refractivity contribution is 0.0179. The van der Waals surface area contributed by atoms with Gasteiger partial charge >= 0.3 is 6.09 Å². The quantitative estimate of drug-likeness (QED) is 0.639. The number of amides is 1. The molecule has 0 aliphatic carbocycles. The van der Waals surface area contributed by atoms with Gasteiger partial charge in [0.1, 0.15) is 5.60 Å². The highest BCUT2D eigenvalue weighted by Crippen LogP contribution is 2.24. The Hall–Kier alpha value is -1.80. The van der Waals surface area contributed by atoms with Crippen LogP contribution in [0.3, 0.4) is 0 Å². The normalized spacial score (nSPS) is 19.2. The number of sulfone groups is 1. The van der Waals surface area contributed by atoms with Crippen molar-refractivity contribution in [3.8, 4) is 0 Å². The SMILES string of the molecule is CC(C)(C)OC(=O)N1CCC(CCCN2CCN(c3ccc(S(C)(=O)=O)cc3)CC2)CC1. The van der Waals surface area contributed by atoms with Gasteiger partial charge in [-0.2, -0.15) is 0 Å². The molecule has 1 aromatic carbocycles. The number of nitrogens with zero attached hydrogens (tertiary/aromatic N) is 3. The van der Waals surface area contributed by atoms with E-state index >= 15 is 0 Å². The third kappa shape index (κ3) is 7.37. The number of anilines is 1. The minimum absolute atomic E-state index is 0.181. The summed E-state index contributed by atoms with van der Waals surface area (Å²) in [4.78, 5) is 19.3. The third-order valence-corrected chi connectivity index (χ3v) is 7.48. The first-order valence-corrected chi connectivity index (χ1v) is 13.7. The maximum Gasteiger partial charge on any atom is 0.410 e. The molecule has 0 atom stereocenters. The van der Waals surface area contributed by atoms with Crippen molar-refractivity contribution in [1.82, 2.24) is 9.80 Å². The van der Waals surface area contributed by atoms with Crippen LogP contribution in [-0.2, 0) is 14.6 Å². The second-order valence-electron chi connectivity index (χ2n) is 10.1. The molecule has 180 valence electrons. The number of hydrogen-bond acceptors (Lipinski definition) is 6. The fourth-order valence-electron chi connectivity index (χ4n) is 4.47. The number of ether oxygens (including phenoxy) is 1.